The third-order valence-electron chi connectivity index (χ3n) is 1.57. The second-order valence-electron chi connectivity index (χ2n) is 2.54. The number of ketones is 1. The lowest BCUT2D eigenvalue weighted by atomic mass is 10.2. The lowest BCUT2D eigenvalue weighted by Gasteiger charge is -1.92. The molecule has 0 fully saturated rings. The highest BCUT2D eigenvalue weighted by Crippen LogP contribution is 2.33. The summed E-state index contributed by atoms with van der Waals surface area (Å²) in [5.74, 6) is -0.0560. The van der Waals surface area contributed by atoms with Crippen molar-refractivity contribution in [2.24, 2.45) is 0 Å². The molecule has 0 amide bonds. The van der Waals surface area contributed by atoms with Crippen molar-refractivity contribution >= 4 is 76.2 Å². The molecule has 0 unspecified atom stereocenters. The molecule has 0 bridgehead atoms. The predicted molar refractivity (Wildman–Crippen MR) is 73.0 cm³/mol. The van der Waals surface area contributed by atoms with Crippen molar-refractivity contribution in [3.8, 4) is 0 Å². The predicted octanol–water partition coefficient (Wildman–Crippen LogP) is 4.72. The zero-order valence-corrected chi connectivity index (χ0v) is 13.4. The molecule has 0 saturated heterocycles. The van der Waals surface area contributed by atoms with Gasteiger partial charge in [0.05, 0.1) is 13.1 Å². The van der Waals surface area contributed by atoms with E-state index >= 15 is 0 Å². The Morgan fingerprint density at radius 2 is 2.07 bits per heavy atom. The molecule has 2 aromatic rings. The molecule has 0 spiro atoms. The Labute approximate surface area is 119 Å². The van der Waals surface area contributed by atoms with Crippen molar-refractivity contribution in [2.45, 2.75) is 0 Å². The van der Waals surface area contributed by atoms with Crippen LogP contribution >= 0.6 is 70.5 Å². The van der Waals surface area contributed by atoms with Crippen molar-refractivity contribution in [3.63, 3.8) is 0 Å². The summed E-state index contributed by atoms with van der Waals surface area (Å²) in [6.07, 6.45) is 0. The third-order valence-corrected chi connectivity index (χ3v) is 5.46. The van der Waals surface area contributed by atoms with E-state index in [1.165, 1.54) is 22.7 Å². The molecule has 0 N–H and O–H groups in total. The smallest absolute Gasteiger partial charge is 0.223 e. The van der Waals surface area contributed by atoms with E-state index in [0.29, 0.717) is 15.2 Å². The topological polar surface area (TPSA) is 30.0 Å². The Morgan fingerprint density at radius 1 is 1.33 bits per heavy atom. The quantitative estimate of drug-likeness (QED) is 0.644. The number of thiophene rings is 1. The fourth-order valence-electron chi connectivity index (χ4n) is 0.969. The van der Waals surface area contributed by atoms with E-state index in [4.69, 9.17) is 0 Å². The molecular weight excluding hydrogens is 430 g/mol. The minimum Gasteiger partial charge on any atom is -0.286 e. The van der Waals surface area contributed by atoms with E-state index in [2.05, 4.69) is 52.8 Å². The molecule has 15 heavy (non-hydrogen) atoms. The van der Waals surface area contributed by atoms with Gasteiger partial charge in [-0.2, -0.15) is 0 Å². The van der Waals surface area contributed by atoms with Gasteiger partial charge in [-0.05, 0) is 53.9 Å². The molecule has 0 aliphatic heterocycles. The maximum absolute atomic E-state index is 12.0. The van der Waals surface area contributed by atoms with Gasteiger partial charge in [0.15, 0.2) is 5.01 Å². The van der Waals surface area contributed by atoms with Crippen LogP contribution in [-0.4, -0.2) is 10.8 Å². The summed E-state index contributed by atoms with van der Waals surface area (Å²) in [6, 6.07) is 1.80. The van der Waals surface area contributed by atoms with Crippen molar-refractivity contribution < 1.29 is 4.79 Å². The number of hydrogen-bond acceptors (Lipinski definition) is 4. The summed E-state index contributed by atoms with van der Waals surface area (Å²) in [6.45, 7) is 0. The Morgan fingerprint density at radius 3 is 2.53 bits per heavy atom. The second-order valence-corrected chi connectivity index (χ2v) is 7.96. The molecular formula is C8H2Br3NOS2. The van der Waals surface area contributed by atoms with Crippen LogP contribution in [0.25, 0.3) is 0 Å². The maximum atomic E-state index is 12.0. The van der Waals surface area contributed by atoms with Crippen LogP contribution in [0.1, 0.15) is 15.4 Å². The van der Waals surface area contributed by atoms with Gasteiger partial charge in [-0.25, -0.2) is 4.98 Å². The SMILES string of the molecule is O=C(c1nc(Br)cs1)c1cc(Br)sc1Br. The first-order valence-electron chi connectivity index (χ1n) is 3.68. The lowest BCUT2D eigenvalue weighted by Crippen LogP contribution is -1.99. The average molecular weight is 432 g/mol. The summed E-state index contributed by atoms with van der Waals surface area (Å²) in [7, 11) is 0. The number of aromatic nitrogens is 1. The minimum atomic E-state index is -0.0560. The monoisotopic (exact) mass is 429 g/mol. The van der Waals surface area contributed by atoms with Gasteiger partial charge in [0.1, 0.15) is 4.60 Å². The number of thiazole rings is 1. The Kier molecular flexibility index (Phi) is 3.77. The van der Waals surface area contributed by atoms with E-state index in [9.17, 15) is 4.79 Å². The second kappa shape index (κ2) is 4.75. The zero-order valence-electron chi connectivity index (χ0n) is 6.96. The molecule has 2 nitrogen and oxygen atoms in total. The van der Waals surface area contributed by atoms with E-state index < -0.39 is 0 Å². The molecule has 2 rings (SSSR count). The Balaban J connectivity index is 2.40. The number of nitrogens with zero attached hydrogens (tertiary/aromatic N) is 1. The van der Waals surface area contributed by atoms with E-state index in [1.807, 2.05) is 0 Å². The van der Waals surface area contributed by atoms with Gasteiger partial charge >= 0.3 is 0 Å². The molecule has 78 valence electrons. The van der Waals surface area contributed by atoms with Gasteiger partial charge in [-0.3, -0.25) is 4.79 Å². The van der Waals surface area contributed by atoms with Crippen LogP contribution in [0, 0.1) is 0 Å². The summed E-state index contributed by atoms with van der Waals surface area (Å²) in [5, 5.41) is 2.29. The highest BCUT2D eigenvalue weighted by atomic mass is 79.9. The van der Waals surface area contributed by atoms with Crippen molar-refractivity contribution in [3.05, 3.63) is 34.2 Å². The first-order chi connectivity index (χ1) is 7.08. The minimum absolute atomic E-state index is 0.0560. The van der Waals surface area contributed by atoms with E-state index in [0.717, 1.165) is 7.57 Å². The highest BCUT2D eigenvalue weighted by Gasteiger charge is 2.18. The molecule has 0 radical (unpaired) electrons. The van der Waals surface area contributed by atoms with Crippen LogP contribution in [-0.2, 0) is 0 Å². The van der Waals surface area contributed by atoms with E-state index in [1.54, 1.807) is 11.4 Å². The maximum Gasteiger partial charge on any atom is 0.223 e. The fourth-order valence-corrected chi connectivity index (χ4v) is 4.97. The lowest BCUT2D eigenvalue weighted by molar-refractivity contribution is 0.103. The standard InChI is InChI=1S/C8H2Br3NOS2/c9-4-2-14-8(12-4)6(13)3-1-5(10)15-7(3)11/h1-2H. The van der Waals surface area contributed by atoms with Gasteiger partial charge in [-0.15, -0.1) is 22.7 Å². The molecule has 0 aromatic carbocycles. The Bertz CT molecular complexity index is 520. The summed E-state index contributed by atoms with van der Waals surface area (Å²) in [4.78, 5) is 16.1. The van der Waals surface area contributed by atoms with Crippen molar-refractivity contribution in [1.82, 2.24) is 4.98 Å². The van der Waals surface area contributed by atoms with Crippen LogP contribution < -0.4 is 0 Å². The molecule has 2 aromatic heterocycles. The number of rotatable bonds is 2. The zero-order chi connectivity index (χ0) is 11.0. The first kappa shape index (κ1) is 11.9. The Hall–Kier alpha value is 0.440. The molecule has 2 heterocycles. The van der Waals surface area contributed by atoms with Crippen LogP contribution in [0.3, 0.4) is 0 Å². The number of hydrogen-bond donors (Lipinski definition) is 0. The molecule has 0 saturated carbocycles. The normalized spacial score (nSPS) is 10.6. The van der Waals surface area contributed by atoms with Crippen LogP contribution in [0.5, 0.6) is 0 Å². The van der Waals surface area contributed by atoms with Gasteiger partial charge < -0.3 is 0 Å². The van der Waals surface area contributed by atoms with Crippen LogP contribution in [0.15, 0.2) is 23.6 Å². The van der Waals surface area contributed by atoms with Crippen molar-refractivity contribution in [2.75, 3.05) is 0 Å². The average Bonchev–Trinajstić information content (AvgIpc) is 2.71. The largest absolute Gasteiger partial charge is 0.286 e. The molecule has 0 aliphatic rings. The summed E-state index contributed by atoms with van der Waals surface area (Å²) >= 11 is 12.7. The summed E-state index contributed by atoms with van der Waals surface area (Å²) in [5.41, 5.74) is 0.647. The van der Waals surface area contributed by atoms with Gasteiger partial charge in [-0.1, -0.05) is 0 Å². The van der Waals surface area contributed by atoms with Gasteiger partial charge in [0, 0.05) is 5.38 Å². The third kappa shape index (κ3) is 2.58. The molecule has 0 atom stereocenters. The molecule has 0 aliphatic carbocycles. The number of halogens is 3. The summed E-state index contributed by atoms with van der Waals surface area (Å²) < 4.78 is 2.44. The van der Waals surface area contributed by atoms with Gasteiger partial charge in [0.25, 0.3) is 0 Å². The van der Waals surface area contributed by atoms with Crippen LogP contribution in [0.2, 0.25) is 0 Å². The highest BCUT2D eigenvalue weighted by molar-refractivity contribution is 9.12. The van der Waals surface area contributed by atoms with Crippen molar-refractivity contribution in [1.29, 1.82) is 0 Å². The number of carbonyl (C=O) groups excluding carboxylic acids is 1. The fraction of sp³-hybridized carbons (Fsp3) is 0. The first-order valence-corrected chi connectivity index (χ1v) is 7.76. The number of carbonyl (C=O) groups is 1. The van der Waals surface area contributed by atoms with Gasteiger partial charge in [0.2, 0.25) is 5.78 Å². The van der Waals surface area contributed by atoms with E-state index in [-0.39, 0.29) is 5.78 Å². The van der Waals surface area contributed by atoms with Crippen LogP contribution in [0.4, 0.5) is 0 Å². The molecule has 7 heteroatoms.